The third kappa shape index (κ3) is 0.461. The van der Waals surface area contributed by atoms with Crippen molar-refractivity contribution >= 4 is 5.97 Å². The number of hydrogen-bond acceptors (Lipinski definition) is 2. The third-order valence-corrected chi connectivity index (χ3v) is 3.55. The number of hydrogen-bond donors (Lipinski definition) is 0. The maximum Gasteiger partial charge on any atom is 0.313 e. The Morgan fingerprint density at radius 1 is 1.55 bits per heavy atom. The van der Waals surface area contributed by atoms with Crippen LogP contribution in [0.3, 0.4) is 0 Å². The first-order valence-electron chi connectivity index (χ1n) is 3.85. The fourth-order valence-electron chi connectivity index (χ4n) is 2.27. The number of allylic oxidation sites excluding steroid dienone is 2. The Hall–Kier alpha value is -0.790. The number of fused-ring (bicyclic) bond motifs is 1. The lowest BCUT2D eigenvalue weighted by molar-refractivity contribution is -0.147. The normalized spacial score (nSPS) is 51.0. The van der Waals surface area contributed by atoms with E-state index in [1.807, 2.05) is 6.92 Å². The van der Waals surface area contributed by atoms with Gasteiger partial charge in [0, 0.05) is 11.3 Å². The summed E-state index contributed by atoms with van der Waals surface area (Å²) in [4.78, 5) is 11.3. The smallest absolute Gasteiger partial charge is 0.313 e. The Morgan fingerprint density at radius 2 is 2.09 bits per heavy atom. The maximum atomic E-state index is 11.3. The van der Waals surface area contributed by atoms with Gasteiger partial charge in [-0.1, -0.05) is 19.1 Å². The molecule has 2 aliphatic rings. The Bertz CT molecular complexity index is 256. The lowest BCUT2D eigenvalue weighted by Crippen LogP contribution is -2.18. The third-order valence-electron chi connectivity index (χ3n) is 3.55. The second kappa shape index (κ2) is 1.52. The Kier molecular flexibility index (Phi) is 0.952. The van der Waals surface area contributed by atoms with E-state index < -0.39 is 0 Å². The highest BCUT2D eigenvalue weighted by Gasteiger charge is 2.77. The van der Waals surface area contributed by atoms with Gasteiger partial charge in [0.2, 0.25) is 0 Å². The monoisotopic (exact) mass is 152 g/mol. The van der Waals surface area contributed by atoms with Crippen molar-refractivity contribution in [1.82, 2.24) is 0 Å². The Morgan fingerprint density at radius 3 is 2.36 bits per heavy atom. The summed E-state index contributed by atoms with van der Waals surface area (Å²) < 4.78 is 4.74. The quantitative estimate of drug-likeness (QED) is 0.419. The van der Waals surface area contributed by atoms with Crippen LogP contribution in [0.2, 0.25) is 0 Å². The number of methoxy groups -OCH3 is 1. The molecule has 3 atom stereocenters. The largest absolute Gasteiger partial charge is 0.469 e. The summed E-state index contributed by atoms with van der Waals surface area (Å²) in [7, 11) is 1.45. The highest BCUT2D eigenvalue weighted by atomic mass is 16.5. The van der Waals surface area contributed by atoms with E-state index in [0.717, 1.165) is 0 Å². The van der Waals surface area contributed by atoms with Crippen LogP contribution in [-0.4, -0.2) is 13.1 Å². The summed E-state index contributed by atoms with van der Waals surface area (Å²) in [5.74, 6) is 0.359. The van der Waals surface area contributed by atoms with Crippen molar-refractivity contribution in [2.45, 2.75) is 13.8 Å². The van der Waals surface area contributed by atoms with Crippen LogP contribution in [0.15, 0.2) is 12.2 Å². The second-order valence-electron chi connectivity index (χ2n) is 3.81. The molecule has 0 radical (unpaired) electrons. The molecule has 0 N–H and O–H groups in total. The molecule has 1 saturated carbocycles. The van der Waals surface area contributed by atoms with Crippen LogP contribution in [0.25, 0.3) is 0 Å². The fraction of sp³-hybridized carbons (Fsp3) is 0.667. The molecule has 2 aliphatic carbocycles. The summed E-state index contributed by atoms with van der Waals surface area (Å²) in [5.41, 5.74) is -0.137. The van der Waals surface area contributed by atoms with E-state index in [1.165, 1.54) is 7.11 Å². The van der Waals surface area contributed by atoms with Crippen LogP contribution in [0.1, 0.15) is 13.8 Å². The summed E-state index contributed by atoms with van der Waals surface area (Å²) in [5, 5.41) is 0. The number of ether oxygens (including phenoxy) is 1. The van der Waals surface area contributed by atoms with Crippen molar-refractivity contribution in [2.24, 2.45) is 16.7 Å². The minimum Gasteiger partial charge on any atom is -0.469 e. The van der Waals surface area contributed by atoms with Gasteiger partial charge in [-0.05, 0) is 6.92 Å². The predicted octanol–water partition coefficient (Wildman–Crippen LogP) is 1.37. The lowest BCUT2D eigenvalue weighted by atomic mass is 9.94. The number of carbonyl (C=O) groups excluding carboxylic acids is 1. The summed E-state index contributed by atoms with van der Waals surface area (Å²) >= 11 is 0. The van der Waals surface area contributed by atoms with E-state index >= 15 is 0 Å². The molecule has 3 unspecified atom stereocenters. The molecular formula is C9H12O2. The van der Waals surface area contributed by atoms with Crippen LogP contribution < -0.4 is 0 Å². The van der Waals surface area contributed by atoms with E-state index in [-0.39, 0.29) is 16.8 Å². The van der Waals surface area contributed by atoms with Gasteiger partial charge >= 0.3 is 5.97 Å². The topological polar surface area (TPSA) is 26.3 Å². The number of esters is 1. The average molecular weight is 152 g/mol. The van der Waals surface area contributed by atoms with E-state index in [9.17, 15) is 4.79 Å². The van der Waals surface area contributed by atoms with Gasteiger partial charge in [0.1, 0.15) is 0 Å². The molecule has 0 aliphatic heterocycles. The maximum absolute atomic E-state index is 11.3. The van der Waals surface area contributed by atoms with Gasteiger partial charge in [0.15, 0.2) is 0 Å². The highest BCUT2D eigenvalue weighted by Crippen LogP contribution is 2.76. The lowest BCUT2D eigenvalue weighted by Gasteiger charge is -2.12. The Balaban J connectivity index is 2.25. The summed E-state index contributed by atoms with van der Waals surface area (Å²) in [6.45, 7) is 4.08. The van der Waals surface area contributed by atoms with Crippen molar-refractivity contribution < 1.29 is 9.53 Å². The molecule has 2 rings (SSSR count). The van der Waals surface area contributed by atoms with Crippen molar-refractivity contribution in [3.63, 3.8) is 0 Å². The minimum atomic E-state index is -0.248. The average Bonchev–Trinajstić information content (AvgIpc) is 2.29. The van der Waals surface area contributed by atoms with Crippen LogP contribution in [0.4, 0.5) is 0 Å². The predicted molar refractivity (Wildman–Crippen MR) is 40.9 cm³/mol. The van der Waals surface area contributed by atoms with E-state index in [0.29, 0.717) is 5.92 Å². The molecule has 1 fully saturated rings. The molecule has 0 spiro atoms. The molecule has 0 heterocycles. The molecule has 2 heteroatoms. The van der Waals surface area contributed by atoms with E-state index in [2.05, 4.69) is 19.1 Å². The first-order valence-corrected chi connectivity index (χ1v) is 3.85. The highest BCUT2D eigenvalue weighted by molar-refractivity contribution is 5.85. The van der Waals surface area contributed by atoms with Crippen LogP contribution in [0, 0.1) is 16.7 Å². The molecule has 11 heavy (non-hydrogen) atoms. The van der Waals surface area contributed by atoms with Gasteiger partial charge in [-0.2, -0.15) is 0 Å². The molecular weight excluding hydrogens is 140 g/mol. The molecule has 0 saturated heterocycles. The Labute approximate surface area is 66.2 Å². The molecule has 0 aromatic heterocycles. The van der Waals surface area contributed by atoms with Crippen molar-refractivity contribution in [3.05, 3.63) is 12.2 Å². The summed E-state index contributed by atoms with van der Waals surface area (Å²) in [6.07, 6.45) is 4.20. The molecule has 0 aromatic carbocycles. The van der Waals surface area contributed by atoms with Crippen LogP contribution >= 0.6 is 0 Å². The zero-order valence-corrected chi connectivity index (χ0v) is 7.05. The van der Waals surface area contributed by atoms with Gasteiger partial charge in [-0.3, -0.25) is 4.79 Å². The summed E-state index contributed by atoms with van der Waals surface area (Å²) in [6, 6.07) is 0. The van der Waals surface area contributed by atoms with Crippen LogP contribution in [0.5, 0.6) is 0 Å². The second-order valence-corrected chi connectivity index (χ2v) is 3.81. The molecule has 60 valence electrons. The van der Waals surface area contributed by atoms with Gasteiger partial charge in [0.25, 0.3) is 0 Å². The SMILES string of the molecule is COC(=O)C1(C)C2C=CC21C. The van der Waals surface area contributed by atoms with Crippen LogP contribution in [-0.2, 0) is 9.53 Å². The molecule has 0 aromatic rings. The van der Waals surface area contributed by atoms with Crippen molar-refractivity contribution in [3.8, 4) is 0 Å². The number of carbonyl (C=O) groups is 1. The first kappa shape index (κ1) is 6.89. The molecule has 0 bridgehead atoms. The molecule has 0 amide bonds. The first-order chi connectivity index (χ1) is 5.07. The standard InChI is InChI=1S/C9H12O2/c1-8-5-4-6(8)9(8,2)7(10)11-3/h4-6H,1-3H3. The fourth-order valence-corrected chi connectivity index (χ4v) is 2.27. The van der Waals surface area contributed by atoms with E-state index in [4.69, 9.17) is 4.74 Å². The van der Waals surface area contributed by atoms with Gasteiger partial charge in [-0.25, -0.2) is 0 Å². The van der Waals surface area contributed by atoms with Gasteiger partial charge in [-0.15, -0.1) is 0 Å². The zero-order chi connectivity index (χ0) is 8.28. The van der Waals surface area contributed by atoms with Gasteiger partial charge < -0.3 is 4.74 Å². The molecule has 2 nitrogen and oxygen atoms in total. The van der Waals surface area contributed by atoms with E-state index in [1.54, 1.807) is 0 Å². The minimum absolute atomic E-state index is 0.0741. The van der Waals surface area contributed by atoms with Crippen molar-refractivity contribution in [1.29, 1.82) is 0 Å². The zero-order valence-electron chi connectivity index (χ0n) is 7.05. The number of rotatable bonds is 1. The van der Waals surface area contributed by atoms with Crippen molar-refractivity contribution in [2.75, 3.05) is 7.11 Å². The van der Waals surface area contributed by atoms with Gasteiger partial charge in [0.05, 0.1) is 12.5 Å².